The van der Waals surface area contributed by atoms with E-state index in [0.717, 1.165) is 0 Å². The minimum absolute atomic E-state index is 0.273. The number of ketones is 1. The average Bonchev–Trinajstić information content (AvgIpc) is 2.46. The molecule has 0 saturated heterocycles. The lowest BCUT2D eigenvalue weighted by atomic mass is 10.0. The molecule has 21 heavy (non-hydrogen) atoms. The molecular weight excluding hydrogens is 290 g/mol. The van der Waals surface area contributed by atoms with Crippen LogP contribution in [0.25, 0.3) is 10.8 Å². The Balaban J connectivity index is 2.07. The van der Waals surface area contributed by atoms with Crippen molar-refractivity contribution < 1.29 is 27.1 Å². The maximum atomic E-state index is 12.7. The van der Waals surface area contributed by atoms with Crippen molar-refractivity contribution in [3.8, 4) is 0 Å². The molecule has 0 saturated carbocycles. The van der Waals surface area contributed by atoms with Crippen LogP contribution in [0.4, 0.5) is 17.6 Å². The van der Waals surface area contributed by atoms with Crippen LogP contribution in [0.5, 0.6) is 0 Å². The molecule has 0 N–H and O–H groups in total. The molecule has 3 nitrogen and oxygen atoms in total. The molecule has 112 valence electrons. The fourth-order valence-electron chi connectivity index (χ4n) is 1.79. The molecule has 1 aromatic carbocycles. The van der Waals surface area contributed by atoms with Crippen molar-refractivity contribution in [2.75, 3.05) is 13.2 Å². The van der Waals surface area contributed by atoms with Crippen molar-refractivity contribution in [1.29, 1.82) is 0 Å². The quantitative estimate of drug-likeness (QED) is 0.607. The minimum atomic E-state index is -4.26. The standard InChI is InChI=1S/C14H11F4NO2/c15-13(16)14(17,18)8-21-7-12(20)11-3-1-2-9-6-19-5-4-10(9)11/h1-6,13H,7-8H2. The summed E-state index contributed by atoms with van der Waals surface area (Å²) in [6.45, 7) is -2.19. The van der Waals surface area contributed by atoms with E-state index in [4.69, 9.17) is 0 Å². The number of halogens is 4. The van der Waals surface area contributed by atoms with Crippen molar-refractivity contribution in [1.82, 2.24) is 4.98 Å². The molecule has 1 aromatic heterocycles. The van der Waals surface area contributed by atoms with Gasteiger partial charge in [0.05, 0.1) is 0 Å². The number of benzene rings is 1. The molecule has 2 aromatic rings. The van der Waals surface area contributed by atoms with Gasteiger partial charge in [0.2, 0.25) is 0 Å². The number of ether oxygens (including phenoxy) is 1. The highest BCUT2D eigenvalue weighted by Gasteiger charge is 2.41. The lowest BCUT2D eigenvalue weighted by Crippen LogP contribution is -2.33. The number of fused-ring (bicyclic) bond motifs is 1. The Morgan fingerprint density at radius 3 is 2.76 bits per heavy atom. The second kappa shape index (κ2) is 6.17. The first kappa shape index (κ1) is 15.4. The van der Waals surface area contributed by atoms with E-state index in [-0.39, 0.29) is 5.56 Å². The van der Waals surface area contributed by atoms with Gasteiger partial charge in [-0.05, 0) is 11.5 Å². The summed E-state index contributed by atoms with van der Waals surface area (Å²) in [4.78, 5) is 15.8. The summed E-state index contributed by atoms with van der Waals surface area (Å²) in [5.41, 5.74) is 0.273. The first-order valence-electron chi connectivity index (χ1n) is 6.01. The Morgan fingerprint density at radius 2 is 2.05 bits per heavy atom. The summed E-state index contributed by atoms with van der Waals surface area (Å²) in [5, 5.41) is 1.31. The van der Waals surface area contributed by atoms with Gasteiger partial charge in [0.1, 0.15) is 13.2 Å². The molecule has 0 aliphatic carbocycles. The number of carbonyl (C=O) groups is 1. The molecule has 0 bridgehead atoms. The Labute approximate surface area is 117 Å². The highest BCUT2D eigenvalue weighted by atomic mass is 19.3. The summed E-state index contributed by atoms with van der Waals surface area (Å²) < 4.78 is 53.6. The first-order chi connectivity index (χ1) is 9.92. The molecule has 0 fully saturated rings. The highest BCUT2D eigenvalue weighted by molar-refractivity contribution is 6.08. The van der Waals surface area contributed by atoms with Crippen LogP contribution in [0.1, 0.15) is 10.4 Å². The van der Waals surface area contributed by atoms with Gasteiger partial charge in [0.15, 0.2) is 5.78 Å². The Morgan fingerprint density at radius 1 is 1.29 bits per heavy atom. The number of carbonyl (C=O) groups excluding carboxylic acids is 1. The van der Waals surface area contributed by atoms with E-state index >= 15 is 0 Å². The summed E-state index contributed by atoms with van der Waals surface area (Å²) in [6.07, 6.45) is -0.778. The molecule has 1 heterocycles. The van der Waals surface area contributed by atoms with E-state index in [1.54, 1.807) is 24.4 Å². The molecule has 0 aliphatic rings. The van der Waals surface area contributed by atoms with E-state index in [1.165, 1.54) is 12.3 Å². The monoisotopic (exact) mass is 301 g/mol. The Kier molecular flexibility index (Phi) is 4.52. The predicted molar refractivity (Wildman–Crippen MR) is 67.8 cm³/mol. The summed E-state index contributed by atoms with van der Waals surface area (Å²) in [6, 6.07) is 6.48. The van der Waals surface area contributed by atoms with Crippen molar-refractivity contribution in [2.24, 2.45) is 0 Å². The van der Waals surface area contributed by atoms with Crippen molar-refractivity contribution in [3.63, 3.8) is 0 Å². The normalized spacial score (nSPS) is 12.0. The zero-order valence-corrected chi connectivity index (χ0v) is 10.7. The van der Waals surface area contributed by atoms with Crippen LogP contribution < -0.4 is 0 Å². The topological polar surface area (TPSA) is 39.2 Å². The van der Waals surface area contributed by atoms with Crippen LogP contribution in [0.15, 0.2) is 36.7 Å². The fraction of sp³-hybridized carbons (Fsp3) is 0.286. The van der Waals surface area contributed by atoms with Gasteiger partial charge < -0.3 is 4.74 Å². The number of alkyl halides is 4. The number of aromatic nitrogens is 1. The second-order valence-corrected chi connectivity index (χ2v) is 4.38. The van der Waals surface area contributed by atoms with Gasteiger partial charge >= 0.3 is 12.3 Å². The Hall–Kier alpha value is -2.02. The first-order valence-corrected chi connectivity index (χ1v) is 6.01. The Bertz CT molecular complexity index is 640. The lowest BCUT2D eigenvalue weighted by molar-refractivity contribution is -0.163. The van der Waals surface area contributed by atoms with Gasteiger partial charge in [-0.2, -0.15) is 8.78 Å². The van der Waals surface area contributed by atoms with Crippen LogP contribution in [-0.4, -0.2) is 36.3 Å². The molecule has 0 unspecified atom stereocenters. The molecular formula is C14H11F4NO2. The molecule has 0 spiro atoms. The smallest absolute Gasteiger partial charge is 0.330 e. The SMILES string of the molecule is O=C(COCC(F)(F)C(F)F)c1cccc2cnccc12. The molecule has 0 radical (unpaired) electrons. The minimum Gasteiger partial charge on any atom is -0.367 e. The van der Waals surface area contributed by atoms with Gasteiger partial charge in [0.25, 0.3) is 0 Å². The van der Waals surface area contributed by atoms with Crippen LogP contribution in [-0.2, 0) is 4.74 Å². The fourth-order valence-corrected chi connectivity index (χ4v) is 1.79. The van der Waals surface area contributed by atoms with E-state index in [9.17, 15) is 22.4 Å². The van der Waals surface area contributed by atoms with E-state index in [0.29, 0.717) is 10.8 Å². The summed E-state index contributed by atoms with van der Waals surface area (Å²) >= 11 is 0. The third-order valence-corrected chi connectivity index (χ3v) is 2.83. The molecule has 0 atom stereocenters. The van der Waals surface area contributed by atoms with Gasteiger partial charge in [0, 0.05) is 23.3 Å². The molecule has 7 heteroatoms. The number of pyridine rings is 1. The maximum absolute atomic E-state index is 12.7. The zero-order valence-electron chi connectivity index (χ0n) is 10.7. The molecule has 0 aliphatic heterocycles. The summed E-state index contributed by atoms with van der Waals surface area (Å²) in [7, 11) is 0. The maximum Gasteiger partial charge on any atom is 0.330 e. The molecule has 0 amide bonds. The average molecular weight is 301 g/mol. The third-order valence-electron chi connectivity index (χ3n) is 2.83. The predicted octanol–water partition coefficient (Wildman–Crippen LogP) is 3.33. The van der Waals surface area contributed by atoms with Gasteiger partial charge in [-0.15, -0.1) is 0 Å². The highest BCUT2D eigenvalue weighted by Crippen LogP contribution is 2.23. The van der Waals surface area contributed by atoms with Gasteiger partial charge in [-0.1, -0.05) is 18.2 Å². The van der Waals surface area contributed by atoms with E-state index in [2.05, 4.69) is 9.72 Å². The zero-order chi connectivity index (χ0) is 15.5. The van der Waals surface area contributed by atoms with Crippen LogP contribution >= 0.6 is 0 Å². The van der Waals surface area contributed by atoms with Crippen LogP contribution in [0.3, 0.4) is 0 Å². The number of hydrogen-bond acceptors (Lipinski definition) is 3. The summed E-state index contributed by atoms with van der Waals surface area (Å²) in [5.74, 6) is -4.82. The van der Waals surface area contributed by atoms with Crippen molar-refractivity contribution in [3.05, 3.63) is 42.2 Å². The number of hydrogen-bond donors (Lipinski definition) is 0. The largest absolute Gasteiger partial charge is 0.367 e. The van der Waals surface area contributed by atoms with Crippen LogP contribution in [0, 0.1) is 0 Å². The van der Waals surface area contributed by atoms with Crippen molar-refractivity contribution in [2.45, 2.75) is 12.3 Å². The number of Topliss-reactive ketones (excluding diaryl/α,β-unsaturated/α-hetero) is 1. The van der Waals surface area contributed by atoms with Crippen molar-refractivity contribution >= 4 is 16.6 Å². The molecule has 2 rings (SSSR count). The second-order valence-electron chi connectivity index (χ2n) is 4.38. The van der Waals surface area contributed by atoms with Gasteiger partial charge in [-0.3, -0.25) is 9.78 Å². The number of rotatable bonds is 6. The lowest BCUT2D eigenvalue weighted by Gasteiger charge is -2.15. The van der Waals surface area contributed by atoms with Crippen LogP contribution in [0.2, 0.25) is 0 Å². The van der Waals surface area contributed by atoms with E-state index < -0.39 is 31.3 Å². The number of nitrogens with zero attached hydrogens (tertiary/aromatic N) is 1. The van der Waals surface area contributed by atoms with E-state index in [1.807, 2.05) is 0 Å². The van der Waals surface area contributed by atoms with Gasteiger partial charge in [-0.25, -0.2) is 8.78 Å². The third kappa shape index (κ3) is 3.55.